The third-order valence-electron chi connectivity index (χ3n) is 3.26. The third kappa shape index (κ3) is 4.41. The number of benzene rings is 1. The van der Waals surface area contributed by atoms with Gasteiger partial charge in [0.25, 0.3) is 0 Å². The highest BCUT2D eigenvalue weighted by atomic mass is 15.1. The summed E-state index contributed by atoms with van der Waals surface area (Å²) in [5.74, 6) is 0. The number of anilines is 1. The molecule has 0 heterocycles. The lowest BCUT2D eigenvalue weighted by atomic mass is 10.0. The van der Waals surface area contributed by atoms with Crippen molar-refractivity contribution in [3.8, 4) is 0 Å². The maximum atomic E-state index is 2.50. The highest BCUT2D eigenvalue weighted by Gasteiger charge is 2.07. The van der Waals surface area contributed by atoms with E-state index < -0.39 is 0 Å². The molecule has 0 saturated carbocycles. The lowest BCUT2D eigenvalue weighted by Crippen LogP contribution is -2.24. The van der Waals surface area contributed by atoms with E-state index in [4.69, 9.17) is 0 Å². The quantitative estimate of drug-likeness (QED) is 0.590. The van der Waals surface area contributed by atoms with Gasteiger partial charge in [-0.15, -0.1) is 0 Å². The smallest absolute Gasteiger partial charge is 0.0398 e. The topological polar surface area (TPSA) is 3.24 Å². The van der Waals surface area contributed by atoms with Gasteiger partial charge >= 0.3 is 0 Å². The predicted octanol–water partition coefficient (Wildman–Crippen LogP) is 4.66. The van der Waals surface area contributed by atoms with E-state index in [0.29, 0.717) is 0 Å². The maximum Gasteiger partial charge on any atom is 0.0398 e. The summed E-state index contributed by atoms with van der Waals surface area (Å²) < 4.78 is 0. The highest BCUT2D eigenvalue weighted by molar-refractivity contribution is 5.53. The lowest BCUT2D eigenvalue weighted by Gasteiger charge is -2.25. The van der Waals surface area contributed by atoms with E-state index in [2.05, 4.69) is 49.9 Å². The molecule has 0 bridgehead atoms. The zero-order valence-electron chi connectivity index (χ0n) is 11.7. The SMILES string of the molecule is CCCCCc1ccccc1N(CC)CCC. The molecule has 1 aromatic rings. The molecule has 0 aliphatic rings. The van der Waals surface area contributed by atoms with Gasteiger partial charge < -0.3 is 4.90 Å². The van der Waals surface area contributed by atoms with E-state index in [0.717, 1.165) is 6.54 Å². The van der Waals surface area contributed by atoms with Crippen LogP contribution in [0.1, 0.15) is 52.0 Å². The standard InChI is InChI=1S/C16H27N/c1-4-7-8-11-15-12-9-10-13-16(15)17(6-3)14-5-2/h9-10,12-13H,4-8,11,14H2,1-3H3. The number of unbranched alkanes of at least 4 members (excludes halogenated alkanes) is 2. The normalized spacial score (nSPS) is 10.5. The highest BCUT2D eigenvalue weighted by Crippen LogP contribution is 2.22. The van der Waals surface area contributed by atoms with E-state index in [1.807, 2.05) is 0 Å². The van der Waals surface area contributed by atoms with Crippen LogP contribution in [0.25, 0.3) is 0 Å². The molecule has 0 amide bonds. The minimum atomic E-state index is 1.11. The number of rotatable bonds is 8. The van der Waals surface area contributed by atoms with Crippen molar-refractivity contribution in [3.63, 3.8) is 0 Å². The van der Waals surface area contributed by atoms with E-state index in [1.165, 1.54) is 49.9 Å². The molecule has 0 N–H and O–H groups in total. The first kappa shape index (κ1) is 14.1. The van der Waals surface area contributed by atoms with E-state index in [9.17, 15) is 0 Å². The first-order valence-electron chi connectivity index (χ1n) is 7.16. The number of aryl methyl sites for hydroxylation is 1. The Labute approximate surface area is 107 Å². The van der Waals surface area contributed by atoms with Crippen molar-refractivity contribution in [1.82, 2.24) is 0 Å². The first-order valence-corrected chi connectivity index (χ1v) is 7.16. The van der Waals surface area contributed by atoms with Gasteiger partial charge in [0.15, 0.2) is 0 Å². The van der Waals surface area contributed by atoms with Gasteiger partial charge in [0.05, 0.1) is 0 Å². The van der Waals surface area contributed by atoms with Gasteiger partial charge in [0.2, 0.25) is 0 Å². The van der Waals surface area contributed by atoms with Crippen LogP contribution in [-0.2, 0) is 6.42 Å². The molecule has 1 nitrogen and oxygen atoms in total. The van der Waals surface area contributed by atoms with Crippen molar-refractivity contribution in [2.24, 2.45) is 0 Å². The van der Waals surface area contributed by atoms with Crippen molar-refractivity contribution in [2.45, 2.75) is 52.9 Å². The van der Waals surface area contributed by atoms with Gasteiger partial charge in [-0.1, -0.05) is 44.9 Å². The van der Waals surface area contributed by atoms with Crippen molar-refractivity contribution >= 4 is 5.69 Å². The molecular formula is C16H27N. The Balaban J connectivity index is 2.74. The number of hydrogen-bond donors (Lipinski definition) is 0. The minimum Gasteiger partial charge on any atom is -0.372 e. The maximum absolute atomic E-state index is 2.50. The summed E-state index contributed by atoms with van der Waals surface area (Å²) in [6, 6.07) is 8.91. The Hall–Kier alpha value is -0.980. The first-order chi connectivity index (χ1) is 8.33. The number of hydrogen-bond acceptors (Lipinski definition) is 1. The van der Waals surface area contributed by atoms with Crippen LogP contribution >= 0.6 is 0 Å². The fourth-order valence-corrected chi connectivity index (χ4v) is 2.32. The summed E-state index contributed by atoms with van der Waals surface area (Å²) >= 11 is 0. The Morgan fingerprint density at radius 2 is 1.71 bits per heavy atom. The molecule has 0 aromatic heterocycles. The fourth-order valence-electron chi connectivity index (χ4n) is 2.32. The van der Waals surface area contributed by atoms with E-state index in [-0.39, 0.29) is 0 Å². The van der Waals surface area contributed by atoms with Crippen LogP contribution in [-0.4, -0.2) is 13.1 Å². The van der Waals surface area contributed by atoms with Crippen LogP contribution in [0.5, 0.6) is 0 Å². The monoisotopic (exact) mass is 233 g/mol. The summed E-state index contributed by atoms with van der Waals surface area (Å²) in [5.41, 5.74) is 2.98. The second-order valence-corrected chi connectivity index (χ2v) is 4.67. The third-order valence-corrected chi connectivity index (χ3v) is 3.26. The van der Waals surface area contributed by atoms with Crippen LogP contribution in [0.3, 0.4) is 0 Å². The van der Waals surface area contributed by atoms with Gasteiger partial charge in [0.1, 0.15) is 0 Å². The van der Waals surface area contributed by atoms with Crippen LogP contribution in [0, 0.1) is 0 Å². The Bertz CT molecular complexity index is 306. The minimum absolute atomic E-state index is 1.11. The molecular weight excluding hydrogens is 206 g/mol. The Morgan fingerprint density at radius 3 is 2.35 bits per heavy atom. The molecule has 0 fully saturated rings. The van der Waals surface area contributed by atoms with Gasteiger partial charge in [-0.05, 0) is 37.8 Å². The Morgan fingerprint density at radius 1 is 0.941 bits per heavy atom. The Kier molecular flexibility index (Phi) is 6.76. The molecule has 1 aromatic carbocycles. The van der Waals surface area contributed by atoms with Gasteiger partial charge in [0, 0.05) is 18.8 Å². The van der Waals surface area contributed by atoms with Crippen LogP contribution in [0.2, 0.25) is 0 Å². The number of nitrogens with zero attached hydrogens (tertiary/aromatic N) is 1. The summed E-state index contributed by atoms with van der Waals surface area (Å²) in [6.07, 6.45) is 6.40. The second kappa shape index (κ2) is 8.16. The van der Waals surface area contributed by atoms with Crippen molar-refractivity contribution < 1.29 is 0 Å². The zero-order valence-corrected chi connectivity index (χ0v) is 11.7. The molecule has 0 saturated heterocycles. The predicted molar refractivity (Wildman–Crippen MR) is 77.8 cm³/mol. The van der Waals surface area contributed by atoms with Crippen LogP contribution in [0.15, 0.2) is 24.3 Å². The average Bonchev–Trinajstić information content (AvgIpc) is 2.37. The van der Waals surface area contributed by atoms with Gasteiger partial charge in [-0.2, -0.15) is 0 Å². The largest absolute Gasteiger partial charge is 0.372 e. The molecule has 0 aliphatic heterocycles. The molecule has 0 unspecified atom stereocenters. The molecule has 0 spiro atoms. The van der Waals surface area contributed by atoms with Crippen molar-refractivity contribution in [2.75, 3.05) is 18.0 Å². The van der Waals surface area contributed by atoms with Gasteiger partial charge in [-0.3, -0.25) is 0 Å². The number of para-hydroxylation sites is 1. The summed E-state index contributed by atoms with van der Waals surface area (Å²) in [7, 11) is 0. The zero-order chi connectivity index (χ0) is 12.5. The molecule has 17 heavy (non-hydrogen) atoms. The molecule has 0 radical (unpaired) electrons. The van der Waals surface area contributed by atoms with E-state index >= 15 is 0 Å². The summed E-state index contributed by atoms with van der Waals surface area (Å²) in [5, 5.41) is 0. The lowest BCUT2D eigenvalue weighted by molar-refractivity contribution is 0.711. The molecule has 1 rings (SSSR count). The van der Waals surface area contributed by atoms with Crippen molar-refractivity contribution in [3.05, 3.63) is 29.8 Å². The summed E-state index contributed by atoms with van der Waals surface area (Å²) in [4.78, 5) is 2.50. The molecule has 96 valence electrons. The molecule has 0 atom stereocenters. The average molecular weight is 233 g/mol. The second-order valence-electron chi connectivity index (χ2n) is 4.67. The van der Waals surface area contributed by atoms with Crippen LogP contribution in [0.4, 0.5) is 5.69 Å². The molecule has 0 aliphatic carbocycles. The van der Waals surface area contributed by atoms with Crippen LogP contribution < -0.4 is 4.90 Å². The van der Waals surface area contributed by atoms with Crippen molar-refractivity contribution in [1.29, 1.82) is 0 Å². The summed E-state index contributed by atoms with van der Waals surface area (Å²) in [6.45, 7) is 9.04. The molecule has 1 heteroatoms. The van der Waals surface area contributed by atoms with Gasteiger partial charge in [-0.25, -0.2) is 0 Å². The van der Waals surface area contributed by atoms with E-state index in [1.54, 1.807) is 0 Å². The fraction of sp³-hybridized carbons (Fsp3) is 0.625.